The molecule has 1 unspecified atom stereocenters. The molecule has 1 saturated heterocycles. The van der Waals surface area contributed by atoms with Gasteiger partial charge in [0.1, 0.15) is 5.60 Å². The molecular formula is C13H24N2O2. The van der Waals surface area contributed by atoms with Crippen molar-refractivity contribution in [2.45, 2.75) is 45.6 Å². The Hall–Kier alpha value is -0.770. The fourth-order valence-electron chi connectivity index (χ4n) is 2.66. The summed E-state index contributed by atoms with van der Waals surface area (Å²) >= 11 is 0. The summed E-state index contributed by atoms with van der Waals surface area (Å²) in [6.07, 6.45) is 3.52. The van der Waals surface area contributed by atoms with Crippen molar-refractivity contribution in [3.63, 3.8) is 0 Å². The molecule has 4 nitrogen and oxygen atoms in total. The summed E-state index contributed by atoms with van der Waals surface area (Å²) in [5.41, 5.74) is -0.123. The topological polar surface area (TPSA) is 50.4 Å². The van der Waals surface area contributed by atoms with Gasteiger partial charge < -0.3 is 15.4 Å². The summed E-state index contributed by atoms with van der Waals surface area (Å²) in [6.45, 7) is 8.53. The normalized spacial score (nSPS) is 29.1. The predicted octanol–water partition coefficient (Wildman–Crippen LogP) is 1.90. The summed E-state index contributed by atoms with van der Waals surface area (Å²) in [6, 6.07) is 0. The third kappa shape index (κ3) is 3.35. The molecule has 1 aliphatic carbocycles. The fraction of sp³-hybridized carbons (Fsp3) is 0.923. The molecule has 4 heteroatoms. The molecule has 2 rings (SSSR count). The number of nitrogens with one attached hydrogen (secondary N) is 2. The van der Waals surface area contributed by atoms with Crippen LogP contribution in [0.25, 0.3) is 0 Å². The van der Waals surface area contributed by atoms with Crippen molar-refractivity contribution in [1.82, 2.24) is 10.6 Å². The first-order chi connectivity index (χ1) is 7.91. The zero-order valence-electron chi connectivity index (χ0n) is 11.1. The van der Waals surface area contributed by atoms with E-state index in [9.17, 15) is 4.79 Å². The molecule has 2 N–H and O–H groups in total. The van der Waals surface area contributed by atoms with Crippen LogP contribution in [0.1, 0.15) is 40.0 Å². The predicted molar refractivity (Wildman–Crippen MR) is 66.9 cm³/mol. The van der Waals surface area contributed by atoms with Crippen molar-refractivity contribution in [2.75, 3.05) is 19.6 Å². The maximum Gasteiger partial charge on any atom is 0.407 e. The average Bonchev–Trinajstić information content (AvgIpc) is 2.94. The molecule has 1 amide bonds. The second kappa shape index (κ2) is 4.48. The molecule has 2 fully saturated rings. The summed E-state index contributed by atoms with van der Waals surface area (Å²) in [5.74, 6) is 0.799. The molecule has 0 aromatic rings. The van der Waals surface area contributed by atoms with E-state index in [1.807, 2.05) is 20.8 Å². The van der Waals surface area contributed by atoms with E-state index in [2.05, 4.69) is 10.6 Å². The van der Waals surface area contributed by atoms with Gasteiger partial charge in [0.15, 0.2) is 0 Å². The van der Waals surface area contributed by atoms with Gasteiger partial charge in [-0.1, -0.05) is 0 Å². The summed E-state index contributed by atoms with van der Waals surface area (Å²) in [7, 11) is 0. The number of carbonyl (C=O) groups excluding carboxylic acids is 1. The Labute approximate surface area is 103 Å². The minimum Gasteiger partial charge on any atom is -0.444 e. The highest BCUT2D eigenvalue weighted by atomic mass is 16.6. The Balaban J connectivity index is 1.82. The van der Waals surface area contributed by atoms with Gasteiger partial charge in [0.05, 0.1) is 0 Å². The number of amides is 1. The van der Waals surface area contributed by atoms with Crippen molar-refractivity contribution in [3.8, 4) is 0 Å². The molecule has 0 radical (unpaired) electrons. The van der Waals surface area contributed by atoms with Gasteiger partial charge in [0.25, 0.3) is 0 Å². The lowest BCUT2D eigenvalue weighted by atomic mass is 9.82. The fourth-order valence-corrected chi connectivity index (χ4v) is 2.66. The Bertz CT molecular complexity index is 286. The van der Waals surface area contributed by atoms with Crippen molar-refractivity contribution >= 4 is 6.09 Å². The van der Waals surface area contributed by atoms with Gasteiger partial charge in [-0.25, -0.2) is 4.79 Å². The molecule has 1 atom stereocenters. The summed E-state index contributed by atoms with van der Waals surface area (Å²) in [4.78, 5) is 11.6. The molecule has 0 spiro atoms. The summed E-state index contributed by atoms with van der Waals surface area (Å²) < 4.78 is 5.27. The van der Waals surface area contributed by atoms with E-state index in [4.69, 9.17) is 4.74 Å². The smallest absolute Gasteiger partial charge is 0.407 e. The lowest BCUT2D eigenvalue weighted by molar-refractivity contribution is 0.0497. The van der Waals surface area contributed by atoms with Crippen LogP contribution in [0.4, 0.5) is 4.79 Å². The van der Waals surface area contributed by atoms with E-state index in [0.29, 0.717) is 0 Å². The zero-order chi connectivity index (χ0) is 12.5. The number of ether oxygens (including phenoxy) is 1. The van der Waals surface area contributed by atoms with Crippen LogP contribution < -0.4 is 10.6 Å². The number of rotatable bonds is 3. The molecule has 17 heavy (non-hydrogen) atoms. The summed E-state index contributed by atoms with van der Waals surface area (Å²) in [5, 5.41) is 6.36. The Morgan fingerprint density at radius 1 is 1.47 bits per heavy atom. The van der Waals surface area contributed by atoms with Crippen molar-refractivity contribution < 1.29 is 9.53 Å². The van der Waals surface area contributed by atoms with Gasteiger partial charge in [-0.05, 0) is 52.5 Å². The molecule has 1 heterocycles. The minimum absolute atomic E-state index is 0.288. The molecule has 0 bridgehead atoms. The maximum atomic E-state index is 11.6. The van der Waals surface area contributed by atoms with E-state index in [-0.39, 0.29) is 11.5 Å². The lowest BCUT2D eigenvalue weighted by Gasteiger charge is -2.29. The quantitative estimate of drug-likeness (QED) is 0.792. The molecule has 1 saturated carbocycles. The van der Waals surface area contributed by atoms with Crippen LogP contribution in [0.5, 0.6) is 0 Å². The van der Waals surface area contributed by atoms with E-state index in [1.165, 1.54) is 19.3 Å². The molecule has 2 aliphatic rings. The van der Waals surface area contributed by atoms with E-state index in [1.54, 1.807) is 0 Å². The Kier molecular flexibility index (Phi) is 3.34. The van der Waals surface area contributed by atoms with Crippen LogP contribution in [0, 0.1) is 11.3 Å². The first kappa shape index (κ1) is 12.7. The highest BCUT2D eigenvalue weighted by Crippen LogP contribution is 2.48. The van der Waals surface area contributed by atoms with Gasteiger partial charge in [0.2, 0.25) is 0 Å². The Morgan fingerprint density at radius 3 is 2.65 bits per heavy atom. The third-order valence-electron chi connectivity index (χ3n) is 3.70. The molecule has 98 valence electrons. The van der Waals surface area contributed by atoms with Gasteiger partial charge in [-0.2, -0.15) is 0 Å². The number of hydrogen-bond acceptors (Lipinski definition) is 3. The first-order valence-electron chi connectivity index (χ1n) is 6.59. The van der Waals surface area contributed by atoms with Crippen LogP contribution in [0.15, 0.2) is 0 Å². The third-order valence-corrected chi connectivity index (χ3v) is 3.70. The van der Waals surface area contributed by atoms with Crippen LogP contribution in [-0.4, -0.2) is 31.3 Å². The van der Waals surface area contributed by atoms with E-state index >= 15 is 0 Å². The molecule has 1 aliphatic heterocycles. The van der Waals surface area contributed by atoms with Crippen molar-refractivity contribution in [3.05, 3.63) is 0 Å². The number of alkyl carbamates (subject to hydrolysis) is 1. The largest absolute Gasteiger partial charge is 0.444 e. The lowest BCUT2D eigenvalue weighted by Crippen LogP contribution is -2.42. The average molecular weight is 240 g/mol. The van der Waals surface area contributed by atoms with E-state index in [0.717, 1.165) is 25.6 Å². The monoisotopic (exact) mass is 240 g/mol. The molecular weight excluding hydrogens is 216 g/mol. The Morgan fingerprint density at radius 2 is 2.18 bits per heavy atom. The van der Waals surface area contributed by atoms with Crippen LogP contribution >= 0.6 is 0 Å². The van der Waals surface area contributed by atoms with Crippen molar-refractivity contribution in [1.29, 1.82) is 0 Å². The van der Waals surface area contributed by atoms with Gasteiger partial charge >= 0.3 is 6.09 Å². The second-order valence-electron chi connectivity index (χ2n) is 6.42. The minimum atomic E-state index is -0.412. The van der Waals surface area contributed by atoms with Gasteiger partial charge in [-0.15, -0.1) is 0 Å². The SMILES string of the molecule is CC(C)(C)OC(=O)NCC1(C2CC2)CCNC1. The molecule has 0 aromatic heterocycles. The molecule has 0 aromatic carbocycles. The van der Waals surface area contributed by atoms with Crippen molar-refractivity contribution in [2.24, 2.45) is 11.3 Å². The van der Waals surface area contributed by atoms with Crippen LogP contribution in [0.3, 0.4) is 0 Å². The van der Waals surface area contributed by atoms with Gasteiger partial charge in [0, 0.05) is 18.5 Å². The maximum absolute atomic E-state index is 11.6. The standard InChI is InChI=1S/C13H24N2O2/c1-12(2,3)17-11(16)15-9-13(10-4-5-10)6-7-14-8-13/h10,14H,4-9H2,1-3H3,(H,15,16). The highest BCUT2D eigenvalue weighted by Gasteiger charge is 2.46. The first-order valence-corrected chi connectivity index (χ1v) is 6.59. The van der Waals surface area contributed by atoms with E-state index < -0.39 is 5.60 Å². The number of hydrogen-bond donors (Lipinski definition) is 2. The van der Waals surface area contributed by atoms with Crippen LogP contribution in [-0.2, 0) is 4.74 Å². The number of carbonyl (C=O) groups is 1. The van der Waals surface area contributed by atoms with Crippen LogP contribution in [0.2, 0.25) is 0 Å². The zero-order valence-corrected chi connectivity index (χ0v) is 11.1. The highest BCUT2D eigenvalue weighted by molar-refractivity contribution is 5.67. The van der Waals surface area contributed by atoms with Gasteiger partial charge in [-0.3, -0.25) is 0 Å². The second-order valence-corrected chi connectivity index (χ2v) is 6.42.